The maximum absolute atomic E-state index is 2.44. The number of fused-ring (bicyclic) bond motifs is 9. The van der Waals surface area contributed by atoms with Crippen molar-refractivity contribution in [3.63, 3.8) is 0 Å². The Morgan fingerprint density at radius 2 is 0.326 bits per heavy atom. The first-order valence-corrected chi connectivity index (χ1v) is 47.2. The monoisotopic (exact) mass is 1760 g/mol. The topological polar surface area (TPSA) is 24.5 Å². The molecule has 0 amide bonds. The average molecular weight is 1760 g/mol. The van der Waals surface area contributed by atoms with Gasteiger partial charge in [0.2, 0.25) is 0 Å². The summed E-state index contributed by atoms with van der Waals surface area (Å²) in [6.07, 6.45) is 0. The van der Waals surface area contributed by atoms with Crippen molar-refractivity contribution in [3.8, 4) is 95.0 Å². The third-order valence-electron chi connectivity index (χ3n) is 26.4. The van der Waals surface area contributed by atoms with Gasteiger partial charge in [0.05, 0.1) is 44.5 Å². The summed E-state index contributed by atoms with van der Waals surface area (Å²) in [5, 5.41) is 7.42. The maximum Gasteiger partial charge on any atom is 0.0561 e. The van der Waals surface area contributed by atoms with Crippen molar-refractivity contribution in [2.45, 2.75) is 0 Å². The number of hydrogen-bond acceptors (Lipinski definition) is 3. The Hall–Kier alpha value is -18.4. The number of anilines is 9. The molecule has 6 heteroatoms. The summed E-state index contributed by atoms with van der Waals surface area (Å²) in [5.74, 6) is 0. The van der Waals surface area contributed by atoms with Crippen LogP contribution in [0.5, 0.6) is 0 Å². The number of para-hydroxylation sites is 7. The molecule has 25 rings (SSSR count). The zero-order valence-electron chi connectivity index (χ0n) is 76.0. The van der Waals surface area contributed by atoms with E-state index in [0.29, 0.717) is 0 Å². The number of benzene rings is 22. The van der Waals surface area contributed by atoms with Crippen LogP contribution in [0.15, 0.2) is 570 Å². The summed E-state index contributed by atoms with van der Waals surface area (Å²) in [4.78, 5) is 7.12. The largest absolute Gasteiger partial charge is 0.310 e. The summed E-state index contributed by atoms with van der Waals surface area (Å²) in [6, 6.07) is 204. The molecule has 138 heavy (non-hydrogen) atoms. The van der Waals surface area contributed by atoms with Crippen LogP contribution in [-0.2, 0) is 0 Å². The molecule has 0 aliphatic heterocycles. The fraction of sp³-hybridized carbons (Fsp3) is 0. The van der Waals surface area contributed by atoms with Crippen LogP contribution in [0.3, 0.4) is 0 Å². The van der Waals surface area contributed by atoms with E-state index in [2.05, 4.69) is 599 Å². The number of nitrogens with zero attached hydrogens (tertiary/aromatic N) is 6. The average Bonchev–Trinajstić information content (AvgIpc) is 1.59. The minimum Gasteiger partial charge on any atom is -0.310 e. The lowest BCUT2D eigenvalue weighted by atomic mass is 9.98. The Labute approximate surface area is 804 Å². The fourth-order valence-electron chi connectivity index (χ4n) is 19.8. The predicted octanol–water partition coefficient (Wildman–Crippen LogP) is 36.4. The molecule has 22 aromatic carbocycles. The standard InChI is InChI=1S/C48H34N2.2C42H30N2/c1-4-16-35(17-5-1)36-28-30-39(31-29-36)49-47-27-15-12-24-43(47)44-33-32-40(34-48(44)49)50(45-25-13-10-22-41(45)37-18-6-2-7-19-37)46-26-14-11-23-42(46)38-20-8-3-9-21-38;1-4-12-31(13-5-1)33-20-24-36(25-21-33)43(35-16-8-3-9-17-35)38-28-29-42-40(30-38)39-18-10-11-19-41(39)44(42)37-26-22-34(23-27-37)32-14-6-2-7-15-32;1-4-12-31(13-5-1)33-20-24-36(25-21-33)43(35-16-8-3-9-17-35)38-28-29-40-39-18-10-11-19-41(39)44(42(40)30-38)37-26-22-34(23-27-37)32-14-6-2-7-15-32/h1-34H;2*1-30H. The first-order chi connectivity index (χ1) is 68.5. The van der Waals surface area contributed by atoms with Crippen LogP contribution in [0, 0.1) is 0 Å². The van der Waals surface area contributed by atoms with Crippen LogP contribution in [0.2, 0.25) is 0 Å². The lowest BCUT2D eigenvalue weighted by Crippen LogP contribution is -2.12. The molecular weight excluding hydrogens is 1670 g/mol. The van der Waals surface area contributed by atoms with Gasteiger partial charge in [0.15, 0.2) is 0 Å². The fourth-order valence-corrected chi connectivity index (χ4v) is 19.8. The Bertz CT molecular complexity index is 8440. The van der Waals surface area contributed by atoms with Crippen molar-refractivity contribution in [1.82, 2.24) is 13.7 Å². The Morgan fingerprint density at radius 1 is 0.116 bits per heavy atom. The first kappa shape index (κ1) is 83.9. The molecule has 652 valence electrons. The van der Waals surface area contributed by atoms with Crippen molar-refractivity contribution in [3.05, 3.63) is 570 Å². The van der Waals surface area contributed by atoms with Gasteiger partial charge in [-0.3, -0.25) is 0 Å². The zero-order chi connectivity index (χ0) is 91.9. The van der Waals surface area contributed by atoms with Gasteiger partial charge in [-0.25, -0.2) is 0 Å². The molecule has 0 unspecified atom stereocenters. The Balaban J connectivity index is 0.000000116. The number of hydrogen-bond donors (Lipinski definition) is 0. The van der Waals surface area contributed by atoms with Gasteiger partial charge in [-0.05, 0) is 224 Å². The van der Waals surface area contributed by atoms with Crippen LogP contribution in [0.25, 0.3) is 160 Å². The van der Waals surface area contributed by atoms with Crippen molar-refractivity contribution in [2.75, 3.05) is 14.7 Å². The van der Waals surface area contributed by atoms with Gasteiger partial charge in [0, 0.05) is 100 Å². The molecule has 0 saturated heterocycles. The predicted molar refractivity (Wildman–Crippen MR) is 584 cm³/mol. The molecule has 0 radical (unpaired) electrons. The molecule has 25 aromatic rings. The minimum absolute atomic E-state index is 1.09. The van der Waals surface area contributed by atoms with Gasteiger partial charge in [0.25, 0.3) is 0 Å². The highest BCUT2D eigenvalue weighted by Crippen LogP contribution is 2.49. The molecular formula is C132H94N6. The first-order valence-electron chi connectivity index (χ1n) is 47.2. The third-order valence-corrected chi connectivity index (χ3v) is 26.4. The normalized spacial score (nSPS) is 11.2. The second-order valence-electron chi connectivity index (χ2n) is 34.7. The molecule has 6 nitrogen and oxygen atoms in total. The quantitative estimate of drug-likeness (QED) is 0.0806. The van der Waals surface area contributed by atoms with E-state index < -0.39 is 0 Å². The Kier molecular flexibility index (Phi) is 23.2. The summed E-state index contributed by atoms with van der Waals surface area (Å²) < 4.78 is 7.18. The molecule has 0 aliphatic carbocycles. The van der Waals surface area contributed by atoms with Crippen LogP contribution in [0.1, 0.15) is 0 Å². The van der Waals surface area contributed by atoms with Crippen LogP contribution in [0.4, 0.5) is 51.2 Å². The van der Waals surface area contributed by atoms with Crippen LogP contribution < -0.4 is 14.7 Å². The van der Waals surface area contributed by atoms with Gasteiger partial charge in [0.1, 0.15) is 0 Å². The second-order valence-corrected chi connectivity index (χ2v) is 34.7. The van der Waals surface area contributed by atoms with Crippen molar-refractivity contribution >= 4 is 117 Å². The van der Waals surface area contributed by atoms with E-state index >= 15 is 0 Å². The number of rotatable bonds is 19. The molecule has 0 atom stereocenters. The van der Waals surface area contributed by atoms with Crippen LogP contribution in [-0.4, -0.2) is 13.7 Å². The number of aromatic nitrogens is 3. The van der Waals surface area contributed by atoms with Gasteiger partial charge in [-0.2, -0.15) is 0 Å². The van der Waals surface area contributed by atoms with E-state index in [1.807, 2.05) is 0 Å². The molecule has 0 aliphatic rings. The zero-order valence-corrected chi connectivity index (χ0v) is 76.0. The Morgan fingerprint density at radius 3 is 0.659 bits per heavy atom. The smallest absolute Gasteiger partial charge is 0.0561 e. The van der Waals surface area contributed by atoms with E-state index in [1.54, 1.807) is 0 Å². The lowest BCUT2D eigenvalue weighted by molar-refractivity contribution is 1.18. The minimum atomic E-state index is 1.09. The van der Waals surface area contributed by atoms with E-state index in [4.69, 9.17) is 0 Å². The highest BCUT2D eigenvalue weighted by molar-refractivity contribution is 6.14. The van der Waals surface area contributed by atoms with E-state index in [9.17, 15) is 0 Å². The van der Waals surface area contributed by atoms with Crippen molar-refractivity contribution in [1.29, 1.82) is 0 Å². The summed E-state index contributed by atoms with van der Waals surface area (Å²) in [7, 11) is 0. The molecule has 0 N–H and O–H groups in total. The lowest BCUT2D eigenvalue weighted by Gasteiger charge is -2.30. The van der Waals surface area contributed by atoms with Gasteiger partial charge in [-0.15, -0.1) is 0 Å². The van der Waals surface area contributed by atoms with Gasteiger partial charge < -0.3 is 28.4 Å². The summed E-state index contributed by atoms with van der Waals surface area (Å²) in [5.41, 5.74) is 37.5. The van der Waals surface area contributed by atoms with Gasteiger partial charge in [-0.1, -0.05) is 413 Å². The molecule has 0 saturated carbocycles. The van der Waals surface area contributed by atoms with E-state index in [0.717, 1.165) is 73.8 Å². The molecule has 3 heterocycles. The SMILES string of the molecule is c1ccc(-c2ccc(-n3c4ccccc4c4ccc(N(c5ccccc5-c5ccccc5)c5ccccc5-c5ccccc5)cc43)cc2)cc1.c1ccc(-c2ccc(N(c3ccccc3)c3ccc4c(c3)c3ccccc3n4-c3ccc(-c4ccccc4)cc3)cc2)cc1.c1ccc(-c2ccc(N(c3ccccc3)c3ccc4c5ccccc5n(-c5ccc(-c6ccccc6)cc5)c4c3)cc2)cc1. The van der Waals surface area contributed by atoms with Crippen molar-refractivity contribution < 1.29 is 0 Å². The van der Waals surface area contributed by atoms with E-state index in [-0.39, 0.29) is 0 Å². The molecule has 0 spiro atoms. The highest BCUT2D eigenvalue weighted by Gasteiger charge is 2.26. The van der Waals surface area contributed by atoms with Gasteiger partial charge >= 0.3 is 0 Å². The maximum atomic E-state index is 2.44. The molecule has 0 fully saturated rings. The van der Waals surface area contributed by atoms with E-state index in [1.165, 1.54) is 138 Å². The molecule has 0 bridgehead atoms. The highest BCUT2D eigenvalue weighted by atomic mass is 15.2. The summed E-state index contributed by atoms with van der Waals surface area (Å²) >= 11 is 0. The van der Waals surface area contributed by atoms with Crippen molar-refractivity contribution in [2.24, 2.45) is 0 Å². The third kappa shape index (κ3) is 16.7. The molecule has 3 aromatic heterocycles. The summed E-state index contributed by atoms with van der Waals surface area (Å²) in [6.45, 7) is 0. The second kappa shape index (κ2) is 38.1. The van der Waals surface area contributed by atoms with Crippen LogP contribution >= 0.6 is 0 Å².